The third-order valence-corrected chi connectivity index (χ3v) is 4.41. The molecule has 0 aliphatic heterocycles. The van der Waals surface area contributed by atoms with Gasteiger partial charge in [0.1, 0.15) is 6.33 Å². The highest BCUT2D eigenvalue weighted by molar-refractivity contribution is 9.10. The zero-order valence-corrected chi connectivity index (χ0v) is 13.4. The maximum absolute atomic E-state index is 12.2. The quantitative estimate of drug-likeness (QED) is 0.902. The third kappa shape index (κ3) is 3.15. The fraction of sp³-hybridized carbons (Fsp3) is 0.400. The SMILES string of the molecule is CCn1cnnc1CNC(=O)[C@@H]1C[C@@H]1c1ccc(Br)cc1. The number of halogens is 1. The molecule has 1 amide bonds. The first kappa shape index (κ1) is 14.3. The van der Waals surface area contributed by atoms with E-state index >= 15 is 0 Å². The number of hydrogen-bond acceptors (Lipinski definition) is 3. The fourth-order valence-corrected chi connectivity index (χ4v) is 2.80. The number of rotatable bonds is 5. The Hall–Kier alpha value is -1.69. The van der Waals surface area contributed by atoms with Crippen molar-refractivity contribution in [1.29, 1.82) is 0 Å². The molecule has 1 aliphatic carbocycles. The van der Waals surface area contributed by atoms with Crippen LogP contribution in [0.2, 0.25) is 0 Å². The van der Waals surface area contributed by atoms with Gasteiger partial charge in [-0.3, -0.25) is 4.79 Å². The van der Waals surface area contributed by atoms with Gasteiger partial charge in [-0.1, -0.05) is 28.1 Å². The van der Waals surface area contributed by atoms with E-state index in [0.717, 1.165) is 23.3 Å². The lowest BCUT2D eigenvalue weighted by Gasteiger charge is -2.06. The lowest BCUT2D eigenvalue weighted by Crippen LogP contribution is -2.26. The van der Waals surface area contributed by atoms with Crippen molar-refractivity contribution in [2.24, 2.45) is 5.92 Å². The minimum absolute atomic E-state index is 0.0872. The van der Waals surface area contributed by atoms with Crippen molar-refractivity contribution in [3.8, 4) is 0 Å². The lowest BCUT2D eigenvalue weighted by atomic mass is 10.1. The Bertz CT molecular complexity index is 637. The average Bonchev–Trinajstić information content (AvgIpc) is 3.16. The Morgan fingerprint density at radius 1 is 1.43 bits per heavy atom. The Balaban J connectivity index is 1.55. The van der Waals surface area contributed by atoms with E-state index in [2.05, 4.69) is 43.6 Å². The van der Waals surface area contributed by atoms with Crippen LogP contribution >= 0.6 is 15.9 Å². The van der Waals surface area contributed by atoms with Crippen LogP contribution in [0.1, 0.15) is 30.7 Å². The Kier molecular flexibility index (Phi) is 4.05. The van der Waals surface area contributed by atoms with Crippen LogP contribution in [0.5, 0.6) is 0 Å². The van der Waals surface area contributed by atoms with E-state index in [1.807, 2.05) is 23.6 Å². The van der Waals surface area contributed by atoms with Crippen LogP contribution in [-0.4, -0.2) is 20.7 Å². The smallest absolute Gasteiger partial charge is 0.224 e. The second-order valence-corrected chi connectivity index (χ2v) is 6.17. The van der Waals surface area contributed by atoms with E-state index < -0.39 is 0 Å². The summed E-state index contributed by atoms with van der Waals surface area (Å²) in [5.74, 6) is 1.34. The Morgan fingerprint density at radius 2 is 2.19 bits per heavy atom. The molecule has 1 aromatic heterocycles. The molecule has 0 bridgehead atoms. The molecular formula is C15H17BrN4O. The van der Waals surface area contributed by atoms with E-state index in [1.54, 1.807) is 6.33 Å². The number of nitrogens with one attached hydrogen (secondary N) is 1. The Labute approximate surface area is 131 Å². The number of carbonyl (C=O) groups excluding carboxylic acids is 1. The van der Waals surface area contributed by atoms with Gasteiger partial charge in [0.15, 0.2) is 5.82 Å². The van der Waals surface area contributed by atoms with Crippen LogP contribution < -0.4 is 5.32 Å². The predicted molar refractivity (Wildman–Crippen MR) is 82.5 cm³/mol. The van der Waals surface area contributed by atoms with E-state index in [9.17, 15) is 4.79 Å². The first-order chi connectivity index (χ1) is 10.2. The molecule has 5 nitrogen and oxygen atoms in total. The van der Waals surface area contributed by atoms with E-state index in [-0.39, 0.29) is 11.8 Å². The van der Waals surface area contributed by atoms with Crippen LogP contribution in [-0.2, 0) is 17.9 Å². The maximum atomic E-state index is 12.2. The van der Waals surface area contributed by atoms with Crippen LogP contribution in [0, 0.1) is 5.92 Å². The molecule has 1 aromatic carbocycles. The van der Waals surface area contributed by atoms with Gasteiger partial charge in [-0.25, -0.2) is 0 Å². The normalized spacial score (nSPS) is 20.3. The molecule has 0 saturated heterocycles. The van der Waals surface area contributed by atoms with Gasteiger partial charge in [0, 0.05) is 16.9 Å². The van der Waals surface area contributed by atoms with Crippen LogP contribution in [0.4, 0.5) is 0 Å². The molecule has 21 heavy (non-hydrogen) atoms. The third-order valence-electron chi connectivity index (χ3n) is 3.88. The summed E-state index contributed by atoms with van der Waals surface area (Å²) in [6, 6.07) is 8.20. The van der Waals surface area contributed by atoms with E-state index in [4.69, 9.17) is 0 Å². The van der Waals surface area contributed by atoms with Crippen molar-refractivity contribution in [1.82, 2.24) is 20.1 Å². The van der Waals surface area contributed by atoms with Gasteiger partial charge in [0.2, 0.25) is 5.91 Å². The number of amides is 1. The highest BCUT2D eigenvalue weighted by atomic mass is 79.9. The summed E-state index contributed by atoms with van der Waals surface area (Å²) in [5.41, 5.74) is 1.23. The van der Waals surface area contributed by atoms with Gasteiger partial charge in [-0.15, -0.1) is 10.2 Å². The molecule has 1 fully saturated rings. The average molecular weight is 349 g/mol. The van der Waals surface area contributed by atoms with Crippen molar-refractivity contribution in [2.75, 3.05) is 0 Å². The summed E-state index contributed by atoms with van der Waals surface area (Å²) >= 11 is 3.43. The molecule has 6 heteroatoms. The predicted octanol–water partition coefficient (Wildman–Crippen LogP) is 2.48. The number of hydrogen-bond donors (Lipinski definition) is 1. The summed E-state index contributed by atoms with van der Waals surface area (Å²) in [4.78, 5) is 12.2. The minimum atomic E-state index is 0.0872. The van der Waals surface area contributed by atoms with Crippen molar-refractivity contribution < 1.29 is 4.79 Å². The minimum Gasteiger partial charge on any atom is -0.349 e. The molecule has 1 N–H and O–H groups in total. The fourth-order valence-electron chi connectivity index (χ4n) is 2.54. The second kappa shape index (κ2) is 5.97. The summed E-state index contributed by atoms with van der Waals surface area (Å²) in [5, 5.41) is 10.8. The molecule has 1 saturated carbocycles. The van der Waals surface area contributed by atoms with Gasteiger partial charge < -0.3 is 9.88 Å². The molecule has 0 radical (unpaired) electrons. The molecule has 0 spiro atoms. The molecule has 2 aromatic rings. The summed E-state index contributed by atoms with van der Waals surface area (Å²) in [7, 11) is 0. The highest BCUT2D eigenvalue weighted by Crippen LogP contribution is 2.47. The zero-order valence-electron chi connectivity index (χ0n) is 11.8. The van der Waals surface area contributed by atoms with Crippen molar-refractivity contribution in [2.45, 2.75) is 32.4 Å². The molecule has 3 rings (SSSR count). The van der Waals surface area contributed by atoms with Crippen molar-refractivity contribution in [3.05, 3.63) is 46.5 Å². The maximum Gasteiger partial charge on any atom is 0.224 e. The number of aromatic nitrogens is 3. The molecule has 2 atom stereocenters. The van der Waals surface area contributed by atoms with Crippen molar-refractivity contribution >= 4 is 21.8 Å². The molecular weight excluding hydrogens is 332 g/mol. The zero-order chi connectivity index (χ0) is 14.8. The molecule has 110 valence electrons. The topological polar surface area (TPSA) is 59.8 Å². The van der Waals surface area contributed by atoms with Gasteiger partial charge in [-0.05, 0) is 37.0 Å². The molecule has 0 unspecified atom stereocenters. The summed E-state index contributed by atoms with van der Waals surface area (Å²) in [6.45, 7) is 3.28. The van der Waals surface area contributed by atoms with Crippen LogP contribution in [0.3, 0.4) is 0 Å². The van der Waals surface area contributed by atoms with Crippen LogP contribution in [0.15, 0.2) is 35.1 Å². The van der Waals surface area contributed by atoms with E-state index in [0.29, 0.717) is 12.5 Å². The largest absolute Gasteiger partial charge is 0.349 e. The first-order valence-corrected chi connectivity index (χ1v) is 7.88. The van der Waals surface area contributed by atoms with Gasteiger partial charge in [0.05, 0.1) is 6.54 Å². The first-order valence-electron chi connectivity index (χ1n) is 7.09. The van der Waals surface area contributed by atoms with Gasteiger partial charge >= 0.3 is 0 Å². The monoisotopic (exact) mass is 348 g/mol. The van der Waals surface area contributed by atoms with Crippen LogP contribution in [0.25, 0.3) is 0 Å². The number of aryl methyl sites for hydroxylation is 1. The van der Waals surface area contributed by atoms with E-state index in [1.165, 1.54) is 5.56 Å². The number of carbonyl (C=O) groups is 1. The van der Waals surface area contributed by atoms with Crippen molar-refractivity contribution in [3.63, 3.8) is 0 Å². The standard InChI is InChI=1S/C15H17BrN4O/c1-2-20-9-18-19-14(20)8-17-15(21)13-7-12(13)10-3-5-11(16)6-4-10/h3-6,9,12-13H,2,7-8H2,1H3,(H,17,21)/t12-,13-/m1/s1. The van der Waals surface area contributed by atoms with Gasteiger partial charge in [0.25, 0.3) is 0 Å². The molecule has 1 aliphatic rings. The highest BCUT2D eigenvalue weighted by Gasteiger charge is 2.43. The Morgan fingerprint density at radius 3 is 2.90 bits per heavy atom. The summed E-state index contributed by atoms with van der Waals surface area (Å²) in [6.07, 6.45) is 2.61. The second-order valence-electron chi connectivity index (χ2n) is 5.25. The number of benzene rings is 1. The summed E-state index contributed by atoms with van der Waals surface area (Å²) < 4.78 is 2.99. The number of nitrogens with zero attached hydrogens (tertiary/aromatic N) is 3. The molecule has 1 heterocycles. The van der Waals surface area contributed by atoms with Gasteiger partial charge in [-0.2, -0.15) is 0 Å². The lowest BCUT2D eigenvalue weighted by molar-refractivity contribution is -0.122.